The van der Waals surface area contributed by atoms with Gasteiger partial charge in [-0.1, -0.05) is 13.8 Å². The normalized spacial score (nSPS) is 31.4. The molecular formula is C19H26N5O4+. The molecule has 0 radical (unpaired) electrons. The van der Waals surface area contributed by atoms with Crippen LogP contribution in [0.1, 0.15) is 33.4 Å². The number of nitrogens with two attached hydrogens (primary N) is 1. The predicted molar refractivity (Wildman–Crippen MR) is 97.7 cm³/mol. The molecule has 2 saturated heterocycles. The van der Waals surface area contributed by atoms with Crippen LogP contribution in [0.4, 0.5) is 5.82 Å². The molecule has 0 unspecified atom stereocenters. The van der Waals surface area contributed by atoms with Crippen molar-refractivity contribution in [2.75, 3.05) is 12.3 Å². The average Bonchev–Trinajstić information content (AvgIpc) is 3.27. The number of rotatable bonds is 4. The Balaban J connectivity index is 1.84. The second-order valence-corrected chi connectivity index (χ2v) is 8.29. The van der Waals surface area contributed by atoms with E-state index in [9.17, 15) is 10.4 Å². The van der Waals surface area contributed by atoms with Crippen LogP contribution in [0, 0.1) is 17.2 Å². The SMILES string of the molecule is CC(C)C[n+]1cnn2c([C@]3(C#N)O[C@H](CO)[C@H]4OC(C)(C)O[C@H]43)ccc2c1N. The molecule has 0 saturated carbocycles. The van der Waals surface area contributed by atoms with E-state index < -0.39 is 29.7 Å². The van der Waals surface area contributed by atoms with Crippen LogP contribution in [0.5, 0.6) is 0 Å². The lowest BCUT2D eigenvalue weighted by atomic mass is 9.92. The van der Waals surface area contributed by atoms with Crippen molar-refractivity contribution in [1.82, 2.24) is 9.61 Å². The largest absolute Gasteiger partial charge is 0.394 e. The van der Waals surface area contributed by atoms with Crippen molar-refractivity contribution >= 4 is 11.3 Å². The van der Waals surface area contributed by atoms with Crippen LogP contribution >= 0.6 is 0 Å². The van der Waals surface area contributed by atoms with Gasteiger partial charge in [0.1, 0.15) is 30.1 Å². The fourth-order valence-corrected chi connectivity index (χ4v) is 4.13. The van der Waals surface area contributed by atoms with Crippen LogP contribution in [-0.2, 0) is 26.4 Å². The van der Waals surface area contributed by atoms with Gasteiger partial charge in [0.2, 0.25) is 11.4 Å². The molecule has 2 fully saturated rings. The quantitative estimate of drug-likeness (QED) is 0.732. The van der Waals surface area contributed by atoms with Gasteiger partial charge in [0.05, 0.1) is 13.2 Å². The predicted octanol–water partition coefficient (Wildman–Crippen LogP) is 0.490. The molecule has 28 heavy (non-hydrogen) atoms. The van der Waals surface area contributed by atoms with Gasteiger partial charge in [-0.15, -0.1) is 0 Å². The standard InChI is InChI=1S/C19H25N5O4/c1-11(2)7-23-10-22-24-12(17(23)21)5-6-14(24)19(9-20)16-15(13(8-25)26-19)27-18(3,4)28-16/h5-6,10-11,13,15-16,21,25H,7-8H2,1-4H3/p+1/t13-,15-,16-,19+/m1/s1. The monoisotopic (exact) mass is 388 g/mol. The first-order chi connectivity index (χ1) is 13.2. The zero-order valence-electron chi connectivity index (χ0n) is 16.5. The molecule has 0 aliphatic carbocycles. The molecule has 9 heteroatoms. The number of fused-ring (bicyclic) bond motifs is 2. The van der Waals surface area contributed by atoms with Gasteiger partial charge in [0.25, 0.3) is 6.33 Å². The first-order valence-corrected chi connectivity index (χ1v) is 9.44. The highest BCUT2D eigenvalue weighted by atomic mass is 16.8. The highest BCUT2D eigenvalue weighted by Crippen LogP contribution is 2.49. The van der Waals surface area contributed by atoms with E-state index in [-0.39, 0.29) is 6.61 Å². The number of nitrogen functional groups attached to an aromatic ring is 1. The van der Waals surface area contributed by atoms with Gasteiger partial charge in [-0.2, -0.15) is 9.78 Å². The topological polar surface area (TPSA) is 119 Å². The maximum atomic E-state index is 10.2. The van der Waals surface area contributed by atoms with Gasteiger partial charge in [-0.3, -0.25) is 0 Å². The van der Waals surface area contributed by atoms with E-state index in [1.807, 2.05) is 10.6 Å². The van der Waals surface area contributed by atoms with Crippen molar-refractivity contribution in [1.29, 1.82) is 5.26 Å². The minimum absolute atomic E-state index is 0.280. The Bertz CT molecular complexity index is 950. The molecule has 4 rings (SSSR count). The fraction of sp³-hybridized carbons (Fsp3) is 0.632. The zero-order valence-corrected chi connectivity index (χ0v) is 16.5. The Morgan fingerprint density at radius 3 is 2.75 bits per heavy atom. The molecule has 0 aromatic carbocycles. The van der Waals surface area contributed by atoms with Crippen molar-refractivity contribution in [2.24, 2.45) is 5.92 Å². The smallest absolute Gasteiger partial charge is 0.250 e. The Hall–Kier alpha value is -2.25. The summed E-state index contributed by atoms with van der Waals surface area (Å²) in [5, 5.41) is 24.4. The Morgan fingerprint density at radius 1 is 1.36 bits per heavy atom. The van der Waals surface area contributed by atoms with Crippen molar-refractivity contribution in [2.45, 2.75) is 63.9 Å². The number of aliphatic hydroxyl groups excluding tert-OH is 1. The van der Waals surface area contributed by atoms with Crippen LogP contribution in [0.2, 0.25) is 0 Å². The summed E-state index contributed by atoms with van der Waals surface area (Å²) in [4.78, 5) is 0. The van der Waals surface area contributed by atoms with Crippen molar-refractivity contribution in [3.05, 3.63) is 24.2 Å². The third-order valence-corrected chi connectivity index (χ3v) is 5.26. The molecule has 2 aliphatic heterocycles. The number of hydrogen-bond donors (Lipinski definition) is 2. The van der Waals surface area contributed by atoms with Crippen LogP contribution < -0.4 is 10.3 Å². The third-order valence-electron chi connectivity index (χ3n) is 5.26. The summed E-state index contributed by atoms with van der Waals surface area (Å²) in [6.45, 7) is 8.22. The minimum atomic E-state index is -1.47. The molecule has 0 amide bonds. The molecule has 9 nitrogen and oxygen atoms in total. The lowest BCUT2D eigenvalue weighted by Gasteiger charge is -2.28. The van der Waals surface area contributed by atoms with Crippen molar-refractivity contribution in [3.63, 3.8) is 0 Å². The Kier molecular flexibility index (Phi) is 4.35. The maximum absolute atomic E-state index is 10.2. The number of anilines is 1. The lowest BCUT2D eigenvalue weighted by Crippen LogP contribution is -2.43. The van der Waals surface area contributed by atoms with Crippen LogP contribution in [0.3, 0.4) is 0 Å². The summed E-state index contributed by atoms with van der Waals surface area (Å²) in [5.41, 5.74) is 6.06. The van der Waals surface area contributed by atoms with Gasteiger partial charge in [0, 0.05) is 0 Å². The zero-order chi connectivity index (χ0) is 20.3. The molecule has 0 spiro atoms. The fourth-order valence-electron chi connectivity index (χ4n) is 4.13. The van der Waals surface area contributed by atoms with Crippen LogP contribution in [0.25, 0.3) is 5.52 Å². The van der Waals surface area contributed by atoms with Crippen molar-refractivity contribution < 1.29 is 23.9 Å². The number of nitrogens with zero attached hydrogens (tertiary/aromatic N) is 4. The third kappa shape index (κ3) is 2.68. The number of hydrogen-bond acceptors (Lipinski definition) is 7. The number of ether oxygens (including phenoxy) is 3. The molecule has 2 aliphatic rings. The summed E-state index contributed by atoms with van der Waals surface area (Å²) in [6, 6.07) is 5.85. The summed E-state index contributed by atoms with van der Waals surface area (Å²) in [7, 11) is 0. The first kappa shape index (κ1) is 19.1. The minimum Gasteiger partial charge on any atom is -0.394 e. The van der Waals surface area contributed by atoms with Gasteiger partial charge >= 0.3 is 0 Å². The van der Waals surface area contributed by atoms with Crippen molar-refractivity contribution in [3.8, 4) is 6.07 Å². The summed E-state index contributed by atoms with van der Waals surface area (Å²) in [6.07, 6.45) is -0.280. The summed E-state index contributed by atoms with van der Waals surface area (Å²) in [5.74, 6) is 0.0844. The van der Waals surface area contributed by atoms with E-state index in [2.05, 4.69) is 25.0 Å². The van der Waals surface area contributed by atoms with Gasteiger partial charge in [-0.25, -0.2) is 4.57 Å². The molecule has 0 bridgehead atoms. The van der Waals surface area contributed by atoms with E-state index >= 15 is 0 Å². The molecular weight excluding hydrogens is 362 g/mol. The molecule has 150 valence electrons. The number of aliphatic hydroxyl groups is 1. The highest BCUT2D eigenvalue weighted by molar-refractivity contribution is 5.63. The van der Waals surface area contributed by atoms with E-state index in [0.29, 0.717) is 22.9 Å². The van der Waals surface area contributed by atoms with E-state index in [1.54, 1.807) is 30.8 Å². The van der Waals surface area contributed by atoms with E-state index in [1.165, 1.54) is 0 Å². The van der Waals surface area contributed by atoms with Crippen LogP contribution in [0.15, 0.2) is 18.5 Å². The van der Waals surface area contributed by atoms with E-state index in [0.717, 1.165) is 6.54 Å². The maximum Gasteiger partial charge on any atom is 0.250 e. The molecule has 3 N–H and O–H groups in total. The number of aromatic nitrogens is 3. The Morgan fingerprint density at radius 2 is 2.11 bits per heavy atom. The molecule has 4 atom stereocenters. The van der Waals surface area contributed by atoms with Crippen LogP contribution in [-0.4, -0.2) is 45.4 Å². The first-order valence-electron chi connectivity index (χ1n) is 9.44. The average molecular weight is 388 g/mol. The molecule has 2 aromatic rings. The molecule has 2 aromatic heterocycles. The number of nitriles is 1. The second kappa shape index (κ2) is 6.39. The van der Waals surface area contributed by atoms with E-state index in [4.69, 9.17) is 19.9 Å². The Labute approximate surface area is 163 Å². The summed E-state index contributed by atoms with van der Waals surface area (Å²) < 4.78 is 21.5. The molecule has 4 heterocycles. The lowest BCUT2D eigenvalue weighted by molar-refractivity contribution is -0.690. The van der Waals surface area contributed by atoms with Gasteiger partial charge in [0.15, 0.2) is 11.3 Å². The highest BCUT2D eigenvalue weighted by Gasteiger charge is 2.65. The second-order valence-electron chi connectivity index (χ2n) is 8.29. The summed E-state index contributed by atoms with van der Waals surface area (Å²) >= 11 is 0. The van der Waals surface area contributed by atoms with Gasteiger partial charge in [-0.05, 0) is 37.0 Å². The van der Waals surface area contributed by atoms with Gasteiger partial charge < -0.3 is 25.1 Å².